The summed E-state index contributed by atoms with van der Waals surface area (Å²) in [7, 11) is 3.66. The third-order valence-corrected chi connectivity index (χ3v) is 4.16. The lowest BCUT2D eigenvalue weighted by molar-refractivity contribution is 0.203. The molecular formula is C18H37IN6O. The molecule has 0 fully saturated rings. The number of halogens is 1. The van der Waals surface area contributed by atoms with Crippen LogP contribution in [0.25, 0.3) is 0 Å². The van der Waals surface area contributed by atoms with Crippen molar-refractivity contribution < 1.29 is 4.74 Å². The zero-order valence-electron chi connectivity index (χ0n) is 17.0. The summed E-state index contributed by atoms with van der Waals surface area (Å²) in [5.74, 6) is 3.37. The van der Waals surface area contributed by atoms with Crippen molar-refractivity contribution in [2.45, 2.75) is 59.4 Å². The van der Waals surface area contributed by atoms with Crippen LogP contribution in [-0.2, 0) is 18.3 Å². The zero-order chi connectivity index (χ0) is 18.5. The van der Waals surface area contributed by atoms with Crippen LogP contribution in [0.3, 0.4) is 0 Å². The van der Waals surface area contributed by atoms with Crippen LogP contribution in [0.2, 0.25) is 0 Å². The Morgan fingerprint density at radius 3 is 2.42 bits per heavy atom. The van der Waals surface area contributed by atoms with Crippen molar-refractivity contribution in [3.63, 3.8) is 0 Å². The van der Waals surface area contributed by atoms with Gasteiger partial charge in [-0.05, 0) is 19.3 Å². The number of aliphatic imine (C=N–C) groups is 1. The summed E-state index contributed by atoms with van der Waals surface area (Å²) >= 11 is 0. The molecule has 1 rings (SSSR count). The van der Waals surface area contributed by atoms with E-state index in [1.54, 1.807) is 7.11 Å². The summed E-state index contributed by atoms with van der Waals surface area (Å²) in [5, 5.41) is 14.9. The minimum atomic E-state index is 0. The normalized spacial score (nSPS) is 11.5. The van der Waals surface area contributed by atoms with Crippen LogP contribution in [0, 0.1) is 12.8 Å². The van der Waals surface area contributed by atoms with E-state index in [1.807, 2.05) is 18.5 Å². The lowest BCUT2D eigenvalue weighted by atomic mass is 10.0. The number of nitrogens with zero attached hydrogens (tertiary/aromatic N) is 4. The van der Waals surface area contributed by atoms with Crippen molar-refractivity contribution in [2.24, 2.45) is 18.0 Å². The fourth-order valence-electron chi connectivity index (χ4n) is 2.42. The predicted molar refractivity (Wildman–Crippen MR) is 118 cm³/mol. The molecule has 0 saturated carbocycles. The summed E-state index contributed by atoms with van der Waals surface area (Å²) < 4.78 is 7.06. The summed E-state index contributed by atoms with van der Waals surface area (Å²) in [6.45, 7) is 9.33. The third kappa shape index (κ3) is 10.9. The van der Waals surface area contributed by atoms with Gasteiger partial charge in [-0.15, -0.1) is 34.2 Å². The van der Waals surface area contributed by atoms with Crippen LogP contribution in [0.4, 0.5) is 0 Å². The molecular weight excluding hydrogens is 443 g/mol. The molecule has 1 aromatic heterocycles. The molecule has 0 radical (unpaired) electrons. The van der Waals surface area contributed by atoms with Gasteiger partial charge in [-0.3, -0.25) is 0 Å². The quantitative estimate of drug-likeness (QED) is 0.208. The second kappa shape index (κ2) is 15.2. The Bertz CT molecular complexity index is 504. The summed E-state index contributed by atoms with van der Waals surface area (Å²) in [4.78, 5) is 4.61. The SMILES string of the molecule is COCCNC(=NCc1nnc(C)n1C)NCCCCCCC(C)C.I. The van der Waals surface area contributed by atoms with Crippen LogP contribution in [0.15, 0.2) is 4.99 Å². The molecule has 152 valence electrons. The standard InChI is InChI=1S/C18H36N6O.HI/c1-15(2)10-8-6-7-9-11-19-18(20-12-13-25-5)21-14-17-23-22-16(3)24(17)4;/h15H,6-14H2,1-5H3,(H2,19,20,21);1H. The molecule has 0 aliphatic carbocycles. The van der Waals surface area contributed by atoms with Crippen LogP contribution in [-0.4, -0.2) is 47.5 Å². The second-order valence-electron chi connectivity index (χ2n) is 6.83. The Balaban J connectivity index is 0.00000625. The monoisotopic (exact) mass is 480 g/mol. The van der Waals surface area contributed by atoms with Crippen molar-refractivity contribution >= 4 is 29.9 Å². The molecule has 0 aliphatic heterocycles. The van der Waals surface area contributed by atoms with Gasteiger partial charge in [0.15, 0.2) is 11.8 Å². The molecule has 7 nitrogen and oxygen atoms in total. The van der Waals surface area contributed by atoms with Crippen molar-refractivity contribution in [1.29, 1.82) is 0 Å². The molecule has 0 spiro atoms. The van der Waals surface area contributed by atoms with Crippen LogP contribution in [0.1, 0.15) is 57.6 Å². The molecule has 0 atom stereocenters. The van der Waals surface area contributed by atoms with Crippen molar-refractivity contribution in [1.82, 2.24) is 25.4 Å². The van der Waals surface area contributed by atoms with E-state index >= 15 is 0 Å². The lowest BCUT2D eigenvalue weighted by Gasteiger charge is -2.12. The molecule has 1 aromatic rings. The fraction of sp³-hybridized carbons (Fsp3) is 0.833. The van der Waals surface area contributed by atoms with Gasteiger partial charge in [-0.2, -0.15) is 0 Å². The highest BCUT2D eigenvalue weighted by Crippen LogP contribution is 2.08. The molecule has 0 aromatic carbocycles. The number of guanidine groups is 1. The highest BCUT2D eigenvalue weighted by Gasteiger charge is 2.05. The summed E-state index contributed by atoms with van der Waals surface area (Å²) in [5.41, 5.74) is 0. The van der Waals surface area contributed by atoms with E-state index in [1.165, 1.54) is 25.7 Å². The van der Waals surface area contributed by atoms with Gasteiger partial charge in [0.25, 0.3) is 0 Å². The van der Waals surface area contributed by atoms with Crippen molar-refractivity contribution in [3.8, 4) is 0 Å². The molecule has 2 N–H and O–H groups in total. The van der Waals surface area contributed by atoms with E-state index in [4.69, 9.17) is 4.74 Å². The van der Waals surface area contributed by atoms with Gasteiger partial charge in [0.05, 0.1) is 6.61 Å². The average Bonchev–Trinajstić information content (AvgIpc) is 2.90. The lowest BCUT2D eigenvalue weighted by Crippen LogP contribution is -2.39. The number of hydrogen-bond donors (Lipinski definition) is 2. The fourth-order valence-corrected chi connectivity index (χ4v) is 2.42. The second-order valence-corrected chi connectivity index (χ2v) is 6.83. The average molecular weight is 480 g/mol. The Kier molecular flexibility index (Phi) is 14.7. The van der Waals surface area contributed by atoms with Gasteiger partial charge in [0, 0.05) is 27.2 Å². The van der Waals surface area contributed by atoms with Crippen LogP contribution < -0.4 is 10.6 Å². The van der Waals surface area contributed by atoms with E-state index in [9.17, 15) is 0 Å². The zero-order valence-corrected chi connectivity index (χ0v) is 19.4. The molecule has 0 saturated heterocycles. The Hall–Kier alpha value is -0.900. The topological polar surface area (TPSA) is 76.4 Å². The Morgan fingerprint density at radius 1 is 1.12 bits per heavy atom. The molecule has 8 heteroatoms. The molecule has 0 unspecified atom stereocenters. The number of unbranched alkanes of at least 4 members (excludes halogenated alkanes) is 3. The highest BCUT2D eigenvalue weighted by atomic mass is 127. The van der Waals surface area contributed by atoms with Crippen LogP contribution >= 0.6 is 24.0 Å². The van der Waals surface area contributed by atoms with Crippen molar-refractivity contribution in [3.05, 3.63) is 11.6 Å². The number of aryl methyl sites for hydroxylation is 1. The summed E-state index contributed by atoms with van der Waals surface area (Å²) in [6, 6.07) is 0. The van der Waals surface area contributed by atoms with E-state index in [-0.39, 0.29) is 24.0 Å². The van der Waals surface area contributed by atoms with Gasteiger partial charge in [-0.1, -0.05) is 39.5 Å². The Labute approximate surface area is 175 Å². The first-order chi connectivity index (χ1) is 12.0. The Morgan fingerprint density at radius 2 is 1.81 bits per heavy atom. The van der Waals surface area contributed by atoms with E-state index in [0.29, 0.717) is 13.2 Å². The number of hydrogen-bond acceptors (Lipinski definition) is 4. The first kappa shape index (κ1) is 25.1. The van der Waals surface area contributed by atoms with Gasteiger partial charge < -0.3 is 19.9 Å². The smallest absolute Gasteiger partial charge is 0.191 e. The van der Waals surface area contributed by atoms with Crippen LogP contribution in [0.5, 0.6) is 0 Å². The number of methoxy groups -OCH3 is 1. The van der Waals surface area contributed by atoms with E-state index in [0.717, 1.165) is 43.0 Å². The van der Waals surface area contributed by atoms with Gasteiger partial charge in [0.2, 0.25) is 0 Å². The number of nitrogens with one attached hydrogen (secondary N) is 2. The first-order valence-corrected chi connectivity index (χ1v) is 9.40. The van der Waals surface area contributed by atoms with Gasteiger partial charge >= 0.3 is 0 Å². The molecule has 1 heterocycles. The predicted octanol–water partition coefficient (Wildman–Crippen LogP) is 3.03. The molecule has 0 amide bonds. The highest BCUT2D eigenvalue weighted by molar-refractivity contribution is 14.0. The number of ether oxygens (including phenoxy) is 1. The maximum absolute atomic E-state index is 5.09. The number of aromatic nitrogens is 3. The maximum atomic E-state index is 5.09. The van der Waals surface area contributed by atoms with E-state index < -0.39 is 0 Å². The largest absolute Gasteiger partial charge is 0.383 e. The molecule has 0 bridgehead atoms. The minimum absolute atomic E-state index is 0. The maximum Gasteiger partial charge on any atom is 0.191 e. The summed E-state index contributed by atoms with van der Waals surface area (Å²) in [6.07, 6.45) is 6.38. The minimum Gasteiger partial charge on any atom is -0.383 e. The van der Waals surface area contributed by atoms with E-state index in [2.05, 4.69) is 39.7 Å². The van der Waals surface area contributed by atoms with Gasteiger partial charge in [0.1, 0.15) is 12.4 Å². The number of rotatable bonds is 12. The van der Waals surface area contributed by atoms with Gasteiger partial charge in [-0.25, -0.2) is 4.99 Å². The first-order valence-electron chi connectivity index (χ1n) is 9.40. The molecule has 26 heavy (non-hydrogen) atoms. The third-order valence-electron chi connectivity index (χ3n) is 4.16. The van der Waals surface area contributed by atoms with Crippen molar-refractivity contribution in [2.75, 3.05) is 26.8 Å². The molecule has 0 aliphatic rings.